The number of hydrogen-bond acceptors (Lipinski definition) is 3. The van der Waals surface area contributed by atoms with Crippen molar-refractivity contribution in [2.75, 3.05) is 19.8 Å². The van der Waals surface area contributed by atoms with Crippen LogP contribution in [0.25, 0.3) is 0 Å². The van der Waals surface area contributed by atoms with E-state index in [4.69, 9.17) is 15.2 Å². The molecule has 0 saturated heterocycles. The van der Waals surface area contributed by atoms with Crippen molar-refractivity contribution in [3.8, 4) is 11.5 Å². The first-order valence-corrected chi connectivity index (χ1v) is 8.67. The summed E-state index contributed by atoms with van der Waals surface area (Å²) in [4.78, 5) is 0. The molecule has 0 fully saturated rings. The van der Waals surface area contributed by atoms with E-state index in [-0.39, 0.29) is 0 Å². The summed E-state index contributed by atoms with van der Waals surface area (Å²) in [5, 5.41) is 0. The summed E-state index contributed by atoms with van der Waals surface area (Å²) < 4.78 is 13.8. The monoisotopic (exact) mass is 519 g/mol. The molecule has 0 radical (unpaired) electrons. The molecule has 0 aliphatic rings. The molecule has 1 rings (SSSR count). The Morgan fingerprint density at radius 1 is 1.16 bits per heavy atom. The highest BCUT2D eigenvalue weighted by Gasteiger charge is 2.09. The molecule has 0 atom stereocenters. The molecule has 0 unspecified atom stereocenters. The molecule has 0 saturated carbocycles. The molecule has 0 aliphatic carbocycles. The smallest absolute Gasteiger partial charge is 0.147 e. The van der Waals surface area contributed by atoms with Crippen molar-refractivity contribution in [3.63, 3.8) is 0 Å². The second-order valence-electron chi connectivity index (χ2n) is 3.51. The number of rotatable bonds is 7. The first-order chi connectivity index (χ1) is 9.04. The van der Waals surface area contributed by atoms with Crippen molar-refractivity contribution >= 4 is 63.7 Å². The number of nitrogens with two attached hydrogens (primary N) is 1. The molecule has 0 spiro atoms. The van der Waals surface area contributed by atoms with Gasteiger partial charge < -0.3 is 15.2 Å². The third-order valence-corrected chi connectivity index (χ3v) is 3.88. The molecule has 106 valence electrons. The average molecular weight is 523 g/mol. The summed E-state index contributed by atoms with van der Waals surface area (Å²) >= 11 is 13.5. The van der Waals surface area contributed by atoms with Gasteiger partial charge in [0.15, 0.2) is 0 Å². The molecular weight excluding hydrogens is 510 g/mol. The number of halogens is 4. The maximum absolute atomic E-state index is 5.65. The van der Waals surface area contributed by atoms with Crippen molar-refractivity contribution < 1.29 is 9.47 Å². The van der Waals surface area contributed by atoms with Crippen LogP contribution >= 0.6 is 63.7 Å². The van der Waals surface area contributed by atoms with Crippen LogP contribution in [0.15, 0.2) is 30.5 Å². The quantitative estimate of drug-likeness (QED) is 0.516. The summed E-state index contributed by atoms with van der Waals surface area (Å²) in [6.07, 6.45) is 2.69. The maximum Gasteiger partial charge on any atom is 0.147 e. The van der Waals surface area contributed by atoms with E-state index in [1.54, 1.807) is 0 Å². The van der Waals surface area contributed by atoms with Crippen molar-refractivity contribution in [2.24, 2.45) is 5.73 Å². The van der Waals surface area contributed by atoms with E-state index in [9.17, 15) is 0 Å². The lowest BCUT2D eigenvalue weighted by Crippen LogP contribution is -2.06. The van der Waals surface area contributed by atoms with Crippen LogP contribution in [0.4, 0.5) is 0 Å². The first-order valence-electron chi connectivity index (χ1n) is 5.50. The van der Waals surface area contributed by atoms with Gasteiger partial charge in [0.05, 0.1) is 18.9 Å². The second-order valence-corrected chi connectivity index (χ2v) is 7.99. The van der Waals surface area contributed by atoms with Gasteiger partial charge >= 0.3 is 0 Å². The predicted molar refractivity (Wildman–Crippen MR) is 92.4 cm³/mol. The topological polar surface area (TPSA) is 44.5 Å². The minimum Gasteiger partial charge on any atom is -0.491 e. The largest absolute Gasteiger partial charge is 0.491 e. The van der Waals surface area contributed by atoms with E-state index in [2.05, 4.69) is 63.7 Å². The molecule has 0 bridgehead atoms. The Hall–Kier alpha value is 0.440. The van der Waals surface area contributed by atoms with Gasteiger partial charge in [0.1, 0.15) is 18.1 Å². The second kappa shape index (κ2) is 9.39. The molecule has 19 heavy (non-hydrogen) atoms. The van der Waals surface area contributed by atoms with Gasteiger partial charge in [0.2, 0.25) is 0 Å². The van der Waals surface area contributed by atoms with Crippen molar-refractivity contribution in [1.82, 2.24) is 0 Å². The van der Waals surface area contributed by atoms with Crippen LogP contribution in [0.1, 0.15) is 6.42 Å². The number of benzene rings is 1. The van der Waals surface area contributed by atoms with Gasteiger partial charge in [0.25, 0.3) is 0 Å². The summed E-state index contributed by atoms with van der Waals surface area (Å²) in [7, 11) is 0. The summed E-state index contributed by atoms with van der Waals surface area (Å²) in [6.45, 7) is 1.68. The van der Waals surface area contributed by atoms with Crippen molar-refractivity contribution in [1.29, 1.82) is 0 Å². The average Bonchev–Trinajstić information content (AvgIpc) is 2.32. The van der Waals surface area contributed by atoms with E-state index in [0.717, 1.165) is 30.3 Å². The van der Waals surface area contributed by atoms with Gasteiger partial charge in [-0.1, -0.05) is 0 Å². The number of ether oxygens (including phenoxy) is 2. The highest BCUT2D eigenvalue weighted by Crippen LogP contribution is 2.37. The van der Waals surface area contributed by atoms with Crippen LogP contribution in [0.5, 0.6) is 11.5 Å². The van der Waals surface area contributed by atoms with Gasteiger partial charge in [-0.2, -0.15) is 0 Å². The lowest BCUT2D eigenvalue weighted by molar-refractivity contribution is 0.308. The Morgan fingerprint density at radius 3 is 2.32 bits per heavy atom. The van der Waals surface area contributed by atoms with Crippen LogP contribution in [0.3, 0.4) is 0 Å². The van der Waals surface area contributed by atoms with Crippen molar-refractivity contribution in [2.45, 2.75) is 6.42 Å². The normalized spacial score (nSPS) is 10.2. The molecule has 1 aromatic carbocycles. The van der Waals surface area contributed by atoms with E-state index in [1.807, 2.05) is 18.2 Å². The van der Waals surface area contributed by atoms with Crippen molar-refractivity contribution in [3.05, 3.63) is 30.5 Å². The molecule has 3 nitrogen and oxygen atoms in total. The maximum atomic E-state index is 5.65. The van der Waals surface area contributed by atoms with Gasteiger partial charge in [-0.25, -0.2) is 0 Å². The van der Waals surface area contributed by atoms with Crippen LogP contribution in [-0.4, -0.2) is 19.8 Å². The Kier molecular flexibility index (Phi) is 8.64. The number of hydrogen-bond donors (Lipinski definition) is 1. The third-order valence-electron chi connectivity index (χ3n) is 2.05. The SMILES string of the molecule is NCCCOc1c(Br)cc(OCC=C(Br)Br)cc1Br. The third kappa shape index (κ3) is 6.62. The molecule has 0 heterocycles. The Bertz CT molecular complexity index is 424. The van der Waals surface area contributed by atoms with E-state index in [1.165, 1.54) is 0 Å². The molecule has 0 aromatic heterocycles. The minimum absolute atomic E-state index is 0.470. The van der Waals surface area contributed by atoms with Gasteiger partial charge in [-0.05, 0) is 94.9 Å². The first kappa shape index (κ1) is 17.5. The van der Waals surface area contributed by atoms with Crippen LogP contribution < -0.4 is 15.2 Å². The Morgan fingerprint density at radius 2 is 1.79 bits per heavy atom. The Labute approximate surface area is 146 Å². The predicted octanol–water partition coefficient (Wildman–Crippen LogP) is 4.95. The van der Waals surface area contributed by atoms with E-state index in [0.29, 0.717) is 19.8 Å². The van der Waals surface area contributed by atoms with Crippen LogP contribution in [-0.2, 0) is 0 Å². The Balaban J connectivity index is 2.70. The summed E-state index contributed by atoms with van der Waals surface area (Å²) in [5.74, 6) is 1.51. The van der Waals surface area contributed by atoms with E-state index < -0.39 is 0 Å². The van der Waals surface area contributed by atoms with Gasteiger partial charge in [-0.3, -0.25) is 0 Å². The highest BCUT2D eigenvalue weighted by atomic mass is 79.9. The molecule has 1 aromatic rings. The lowest BCUT2D eigenvalue weighted by Gasteiger charge is -2.12. The minimum atomic E-state index is 0.470. The standard InChI is InChI=1S/C12H13Br4NO2/c13-9-6-8(18-5-2-11(15)16)7-10(14)12(9)19-4-1-3-17/h2,6-7H,1,3-5,17H2. The fourth-order valence-electron chi connectivity index (χ4n) is 1.22. The van der Waals surface area contributed by atoms with Crippen LogP contribution in [0.2, 0.25) is 0 Å². The zero-order chi connectivity index (χ0) is 14.3. The zero-order valence-electron chi connectivity index (χ0n) is 9.97. The van der Waals surface area contributed by atoms with Gasteiger partial charge in [0, 0.05) is 0 Å². The molecular formula is C12H13Br4NO2. The molecule has 0 aliphatic heterocycles. The fourth-order valence-corrected chi connectivity index (χ4v) is 2.85. The molecule has 7 heteroatoms. The molecule has 0 amide bonds. The zero-order valence-corrected chi connectivity index (χ0v) is 16.3. The highest BCUT2D eigenvalue weighted by molar-refractivity contribution is 9.28. The van der Waals surface area contributed by atoms with E-state index >= 15 is 0 Å². The van der Waals surface area contributed by atoms with Gasteiger partial charge in [-0.15, -0.1) is 0 Å². The van der Waals surface area contributed by atoms with Crippen LogP contribution in [0, 0.1) is 0 Å². The summed E-state index contributed by atoms with van der Waals surface area (Å²) in [5.41, 5.74) is 5.44. The molecule has 2 N–H and O–H groups in total. The lowest BCUT2D eigenvalue weighted by atomic mass is 10.3. The fraction of sp³-hybridized carbons (Fsp3) is 0.333. The summed E-state index contributed by atoms with van der Waals surface area (Å²) in [6, 6.07) is 3.75.